The van der Waals surface area contributed by atoms with Crippen LogP contribution in [0.1, 0.15) is 29.9 Å². The zero-order valence-corrected chi connectivity index (χ0v) is 12.8. The van der Waals surface area contributed by atoms with Gasteiger partial charge < -0.3 is 20.1 Å². The third kappa shape index (κ3) is 3.44. The van der Waals surface area contributed by atoms with Crippen LogP contribution in [-0.2, 0) is 4.74 Å². The highest BCUT2D eigenvalue weighted by Gasteiger charge is 2.22. The molecule has 0 aliphatic carbocycles. The van der Waals surface area contributed by atoms with Crippen molar-refractivity contribution in [3.8, 4) is 5.75 Å². The van der Waals surface area contributed by atoms with Crippen LogP contribution in [0.25, 0.3) is 0 Å². The summed E-state index contributed by atoms with van der Waals surface area (Å²) >= 11 is 0. The summed E-state index contributed by atoms with van der Waals surface area (Å²) in [6, 6.07) is 4.16. The molecule has 4 nitrogen and oxygen atoms in total. The number of nitrogen functional groups attached to an aromatic ring is 1. The summed E-state index contributed by atoms with van der Waals surface area (Å²) in [4.78, 5) is 2.48. The second kappa shape index (κ2) is 6.95. The van der Waals surface area contributed by atoms with E-state index in [0.29, 0.717) is 5.92 Å². The van der Waals surface area contributed by atoms with Crippen LogP contribution < -0.4 is 10.5 Å². The fourth-order valence-electron chi connectivity index (χ4n) is 3.03. The Morgan fingerprint density at radius 1 is 1.25 bits per heavy atom. The van der Waals surface area contributed by atoms with Crippen molar-refractivity contribution < 1.29 is 9.47 Å². The zero-order valence-electron chi connectivity index (χ0n) is 12.8. The minimum Gasteiger partial charge on any atom is -0.495 e. The van der Waals surface area contributed by atoms with Crippen LogP contribution in [0, 0.1) is 6.92 Å². The molecule has 0 bridgehead atoms. The molecule has 0 saturated carbocycles. The molecule has 112 valence electrons. The summed E-state index contributed by atoms with van der Waals surface area (Å²) in [5, 5.41) is 0. The molecule has 1 heterocycles. The lowest BCUT2D eigenvalue weighted by molar-refractivity contribution is 0.130. The van der Waals surface area contributed by atoms with Crippen molar-refractivity contribution in [1.29, 1.82) is 0 Å². The molecular formula is C16H26N2O2. The maximum Gasteiger partial charge on any atom is 0.142 e. The van der Waals surface area contributed by atoms with Gasteiger partial charge in [0.25, 0.3) is 0 Å². The number of benzene rings is 1. The van der Waals surface area contributed by atoms with Crippen LogP contribution in [0.3, 0.4) is 0 Å². The van der Waals surface area contributed by atoms with Gasteiger partial charge in [0.05, 0.1) is 19.4 Å². The first kappa shape index (κ1) is 15.1. The van der Waals surface area contributed by atoms with E-state index in [0.717, 1.165) is 37.7 Å². The molecule has 4 heteroatoms. The van der Waals surface area contributed by atoms with Crippen LogP contribution >= 0.6 is 0 Å². The summed E-state index contributed by atoms with van der Waals surface area (Å²) in [6.07, 6.45) is 2.38. The maximum absolute atomic E-state index is 5.96. The van der Waals surface area contributed by atoms with E-state index in [-0.39, 0.29) is 0 Å². The highest BCUT2D eigenvalue weighted by molar-refractivity contribution is 5.57. The van der Waals surface area contributed by atoms with Gasteiger partial charge >= 0.3 is 0 Å². The van der Waals surface area contributed by atoms with Gasteiger partial charge in [0, 0.05) is 13.7 Å². The minimum absolute atomic E-state index is 0.614. The molecule has 0 radical (unpaired) electrons. The van der Waals surface area contributed by atoms with E-state index in [1.807, 2.05) is 6.07 Å². The van der Waals surface area contributed by atoms with Crippen molar-refractivity contribution in [2.24, 2.45) is 0 Å². The summed E-state index contributed by atoms with van der Waals surface area (Å²) in [5.74, 6) is 1.41. The Morgan fingerprint density at radius 2 is 1.95 bits per heavy atom. The average molecular weight is 278 g/mol. The van der Waals surface area contributed by atoms with Crippen LogP contribution in [0.4, 0.5) is 5.69 Å². The van der Waals surface area contributed by atoms with Gasteiger partial charge in [-0.3, -0.25) is 0 Å². The standard InChI is InChI=1S/C16H26N2O2/c1-12-10-15(17)16(20-3)11-14(12)13-4-6-18(7-5-13)8-9-19-2/h10-11,13H,4-9,17H2,1-3H3. The number of hydrogen-bond donors (Lipinski definition) is 1. The van der Waals surface area contributed by atoms with Gasteiger partial charge in [-0.2, -0.15) is 0 Å². The van der Waals surface area contributed by atoms with E-state index in [1.54, 1.807) is 14.2 Å². The fourth-order valence-corrected chi connectivity index (χ4v) is 3.03. The van der Waals surface area contributed by atoms with Crippen LogP contribution in [0.15, 0.2) is 12.1 Å². The van der Waals surface area contributed by atoms with Crippen molar-refractivity contribution in [2.45, 2.75) is 25.7 Å². The third-order valence-electron chi connectivity index (χ3n) is 4.26. The van der Waals surface area contributed by atoms with Gasteiger partial charge in [-0.15, -0.1) is 0 Å². The summed E-state index contributed by atoms with van der Waals surface area (Å²) in [7, 11) is 3.44. The second-order valence-electron chi connectivity index (χ2n) is 5.56. The third-order valence-corrected chi connectivity index (χ3v) is 4.26. The highest BCUT2D eigenvalue weighted by atomic mass is 16.5. The molecule has 0 atom stereocenters. The molecular weight excluding hydrogens is 252 g/mol. The number of aryl methyl sites for hydroxylation is 1. The average Bonchev–Trinajstić information content (AvgIpc) is 2.46. The number of likely N-dealkylation sites (tertiary alicyclic amines) is 1. The number of nitrogens with zero attached hydrogens (tertiary/aromatic N) is 1. The molecule has 0 unspecified atom stereocenters. The first-order valence-electron chi connectivity index (χ1n) is 7.31. The van der Waals surface area contributed by atoms with E-state index in [4.69, 9.17) is 15.2 Å². The lowest BCUT2D eigenvalue weighted by atomic mass is 9.86. The summed E-state index contributed by atoms with van der Waals surface area (Å²) in [6.45, 7) is 6.27. The van der Waals surface area contributed by atoms with Gasteiger partial charge in [0.15, 0.2) is 0 Å². The Balaban J connectivity index is 2.03. The zero-order chi connectivity index (χ0) is 14.5. The van der Waals surface area contributed by atoms with E-state index in [1.165, 1.54) is 24.0 Å². The Bertz CT molecular complexity index is 440. The molecule has 0 spiro atoms. The first-order valence-corrected chi connectivity index (χ1v) is 7.31. The molecule has 0 aromatic heterocycles. The number of anilines is 1. The van der Waals surface area contributed by atoms with Crippen LogP contribution in [-0.4, -0.2) is 45.4 Å². The molecule has 1 aliphatic rings. The number of ether oxygens (including phenoxy) is 2. The Morgan fingerprint density at radius 3 is 2.55 bits per heavy atom. The molecule has 1 aliphatic heterocycles. The second-order valence-corrected chi connectivity index (χ2v) is 5.56. The van der Waals surface area contributed by atoms with Crippen molar-refractivity contribution in [2.75, 3.05) is 46.2 Å². The van der Waals surface area contributed by atoms with E-state index in [2.05, 4.69) is 17.9 Å². The molecule has 2 N–H and O–H groups in total. The number of rotatable bonds is 5. The molecule has 1 fully saturated rings. The van der Waals surface area contributed by atoms with Gasteiger partial charge in [-0.1, -0.05) is 0 Å². The summed E-state index contributed by atoms with van der Waals surface area (Å²) < 4.78 is 10.5. The monoisotopic (exact) mass is 278 g/mol. The largest absolute Gasteiger partial charge is 0.495 e. The lowest BCUT2D eigenvalue weighted by Crippen LogP contribution is -2.35. The maximum atomic E-state index is 5.96. The van der Waals surface area contributed by atoms with E-state index >= 15 is 0 Å². The first-order chi connectivity index (χ1) is 9.65. The predicted molar refractivity (Wildman–Crippen MR) is 82.4 cm³/mol. The van der Waals surface area contributed by atoms with Crippen molar-refractivity contribution in [3.63, 3.8) is 0 Å². The normalized spacial score (nSPS) is 17.4. The van der Waals surface area contributed by atoms with Gasteiger partial charge in [-0.25, -0.2) is 0 Å². The SMILES string of the molecule is COCCN1CCC(c2cc(OC)c(N)cc2C)CC1. The quantitative estimate of drug-likeness (QED) is 0.840. The Labute approximate surface area is 121 Å². The van der Waals surface area contributed by atoms with Crippen LogP contribution in [0.2, 0.25) is 0 Å². The summed E-state index contributed by atoms with van der Waals surface area (Å²) in [5.41, 5.74) is 9.36. The number of methoxy groups -OCH3 is 2. The fraction of sp³-hybridized carbons (Fsp3) is 0.625. The predicted octanol–water partition coefficient (Wildman–Crippen LogP) is 2.41. The van der Waals surface area contributed by atoms with E-state index < -0.39 is 0 Å². The number of hydrogen-bond acceptors (Lipinski definition) is 4. The smallest absolute Gasteiger partial charge is 0.142 e. The van der Waals surface area contributed by atoms with Gasteiger partial charge in [0.2, 0.25) is 0 Å². The van der Waals surface area contributed by atoms with Gasteiger partial charge in [-0.05, 0) is 62.0 Å². The molecule has 20 heavy (non-hydrogen) atoms. The number of piperidine rings is 1. The lowest BCUT2D eigenvalue weighted by Gasteiger charge is -2.32. The topological polar surface area (TPSA) is 47.7 Å². The van der Waals surface area contributed by atoms with Crippen molar-refractivity contribution in [1.82, 2.24) is 4.90 Å². The molecule has 1 aromatic rings. The molecule has 1 aromatic carbocycles. The van der Waals surface area contributed by atoms with Gasteiger partial charge in [0.1, 0.15) is 5.75 Å². The molecule has 0 amide bonds. The van der Waals surface area contributed by atoms with E-state index in [9.17, 15) is 0 Å². The number of nitrogens with two attached hydrogens (primary N) is 1. The Kier molecular flexibility index (Phi) is 5.26. The minimum atomic E-state index is 0.614. The van der Waals surface area contributed by atoms with Crippen LogP contribution in [0.5, 0.6) is 5.75 Å². The van der Waals surface area contributed by atoms with Crippen molar-refractivity contribution in [3.05, 3.63) is 23.3 Å². The Hall–Kier alpha value is -1.26. The highest BCUT2D eigenvalue weighted by Crippen LogP contribution is 2.35. The molecule has 1 saturated heterocycles. The molecule has 2 rings (SSSR count). The van der Waals surface area contributed by atoms with Crippen molar-refractivity contribution >= 4 is 5.69 Å².